The van der Waals surface area contributed by atoms with E-state index in [1.54, 1.807) is 0 Å². The van der Waals surface area contributed by atoms with Crippen molar-refractivity contribution in [3.05, 3.63) is 37.8 Å². The Morgan fingerprint density at radius 3 is 1.44 bits per heavy atom. The van der Waals surface area contributed by atoms with E-state index in [0.29, 0.717) is 12.8 Å². The number of hydrogen-bond acceptors (Lipinski definition) is 4. The number of ether oxygens (including phenoxy) is 2. The molecule has 102 valence electrons. The average Bonchev–Trinajstić information content (AvgIpc) is 2.24. The zero-order valence-electron chi connectivity index (χ0n) is 11.2. The van der Waals surface area contributed by atoms with Crippen molar-refractivity contribution in [3.63, 3.8) is 0 Å². The summed E-state index contributed by atoms with van der Waals surface area (Å²) in [6.45, 7) is 14.0. The summed E-state index contributed by atoms with van der Waals surface area (Å²) in [7, 11) is 0. The second-order valence-corrected chi connectivity index (χ2v) is 3.73. The highest BCUT2D eigenvalue weighted by molar-refractivity contribution is 5.71. The Balaban J connectivity index is 0. The number of unbranched alkanes of at least 4 members (excludes halogenated alkanes) is 1. The smallest absolute Gasteiger partial charge is 0.310 e. The van der Waals surface area contributed by atoms with Gasteiger partial charge in [-0.05, 0) is 26.7 Å². The fourth-order valence-electron chi connectivity index (χ4n) is 0.842. The number of esters is 2. The van der Waals surface area contributed by atoms with E-state index in [2.05, 4.69) is 29.2 Å². The van der Waals surface area contributed by atoms with E-state index in [1.165, 1.54) is 5.57 Å². The van der Waals surface area contributed by atoms with Gasteiger partial charge in [0, 0.05) is 12.8 Å². The molecule has 18 heavy (non-hydrogen) atoms. The van der Waals surface area contributed by atoms with Crippen molar-refractivity contribution in [1.82, 2.24) is 0 Å². The average molecular weight is 254 g/mol. The highest BCUT2D eigenvalue weighted by atomic mass is 16.5. The van der Waals surface area contributed by atoms with Crippen LogP contribution in [0.15, 0.2) is 37.8 Å². The minimum atomic E-state index is -0.336. The van der Waals surface area contributed by atoms with Crippen LogP contribution in [0.3, 0.4) is 0 Å². The van der Waals surface area contributed by atoms with Gasteiger partial charge in [0.25, 0.3) is 0 Å². The van der Waals surface area contributed by atoms with Crippen LogP contribution in [0, 0.1) is 0 Å². The first-order valence-corrected chi connectivity index (χ1v) is 5.67. The van der Waals surface area contributed by atoms with E-state index in [0.717, 1.165) is 12.5 Å². The van der Waals surface area contributed by atoms with E-state index in [-0.39, 0.29) is 24.8 Å². The lowest BCUT2D eigenvalue weighted by molar-refractivity contribution is -0.140. The topological polar surface area (TPSA) is 52.6 Å². The first-order valence-electron chi connectivity index (χ1n) is 5.67. The zero-order valence-corrected chi connectivity index (χ0v) is 11.2. The van der Waals surface area contributed by atoms with Crippen LogP contribution in [0.1, 0.15) is 39.5 Å². The van der Waals surface area contributed by atoms with Crippen LogP contribution in [-0.4, -0.2) is 11.9 Å². The van der Waals surface area contributed by atoms with Crippen LogP contribution >= 0.6 is 0 Å². The van der Waals surface area contributed by atoms with Gasteiger partial charge >= 0.3 is 11.9 Å². The first-order chi connectivity index (χ1) is 8.43. The molecule has 0 bridgehead atoms. The Bertz CT molecular complexity index is 264. The van der Waals surface area contributed by atoms with Crippen molar-refractivity contribution in [3.8, 4) is 0 Å². The number of carbonyl (C=O) groups is 2. The van der Waals surface area contributed by atoms with Gasteiger partial charge in [-0.25, -0.2) is 0 Å². The minimum Gasteiger partial charge on any atom is -0.435 e. The molecule has 0 aromatic rings. The molecule has 0 rings (SSSR count). The summed E-state index contributed by atoms with van der Waals surface area (Å²) >= 11 is 0. The van der Waals surface area contributed by atoms with Gasteiger partial charge in [0.2, 0.25) is 0 Å². The van der Waals surface area contributed by atoms with E-state index >= 15 is 0 Å². The van der Waals surface area contributed by atoms with Gasteiger partial charge in [0.15, 0.2) is 0 Å². The van der Waals surface area contributed by atoms with Gasteiger partial charge in [0.1, 0.15) is 0 Å². The molecule has 0 saturated carbocycles. The lowest BCUT2D eigenvalue weighted by Gasteiger charge is -1.99. The fourth-order valence-corrected chi connectivity index (χ4v) is 0.842. The Labute approximate surface area is 109 Å². The molecule has 0 heterocycles. The SMILES string of the molecule is C=C(C)C.C=COC(=O)CCCCC(=O)OC=C. The molecule has 4 nitrogen and oxygen atoms in total. The summed E-state index contributed by atoms with van der Waals surface area (Å²) in [5.41, 5.74) is 1.17. The lowest BCUT2D eigenvalue weighted by atomic mass is 10.2. The summed E-state index contributed by atoms with van der Waals surface area (Å²) in [6, 6.07) is 0. The number of hydrogen-bond donors (Lipinski definition) is 0. The van der Waals surface area contributed by atoms with Crippen molar-refractivity contribution >= 4 is 11.9 Å². The summed E-state index contributed by atoms with van der Waals surface area (Å²) in [5, 5.41) is 0. The monoisotopic (exact) mass is 254 g/mol. The Kier molecular flexibility index (Phi) is 13.6. The quantitative estimate of drug-likeness (QED) is 0.302. The fraction of sp³-hybridized carbons (Fsp3) is 0.429. The van der Waals surface area contributed by atoms with E-state index in [1.807, 2.05) is 13.8 Å². The highest BCUT2D eigenvalue weighted by Gasteiger charge is 2.03. The molecule has 0 N–H and O–H groups in total. The lowest BCUT2D eigenvalue weighted by Crippen LogP contribution is -2.01. The van der Waals surface area contributed by atoms with Crippen molar-refractivity contribution in [2.45, 2.75) is 39.5 Å². The van der Waals surface area contributed by atoms with Crippen molar-refractivity contribution in [2.24, 2.45) is 0 Å². The third kappa shape index (κ3) is 19.7. The maximum atomic E-state index is 10.8. The standard InChI is InChI=1S/C10H14O4.C4H8/c1-3-13-9(11)7-5-6-8-10(12)14-4-2;1-4(2)3/h3-4H,1-2,5-8H2;1H2,2-3H3. The van der Waals surface area contributed by atoms with Crippen LogP contribution < -0.4 is 0 Å². The van der Waals surface area contributed by atoms with Gasteiger partial charge in [0.05, 0.1) is 12.5 Å². The molecule has 0 aliphatic heterocycles. The Morgan fingerprint density at radius 1 is 0.944 bits per heavy atom. The van der Waals surface area contributed by atoms with Gasteiger partial charge in [-0.2, -0.15) is 0 Å². The molecule has 0 atom stereocenters. The summed E-state index contributed by atoms with van der Waals surface area (Å²) in [6.07, 6.45) is 3.95. The third-order valence-electron chi connectivity index (χ3n) is 1.44. The molecular weight excluding hydrogens is 232 g/mol. The molecule has 0 saturated heterocycles. The van der Waals surface area contributed by atoms with Crippen molar-refractivity contribution < 1.29 is 19.1 Å². The second kappa shape index (κ2) is 13.2. The molecule has 0 amide bonds. The Hall–Kier alpha value is -1.84. The highest BCUT2D eigenvalue weighted by Crippen LogP contribution is 2.02. The van der Waals surface area contributed by atoms with Gasteiger partial charge in [-0.15, -0.1) is 6.58 Å². The largest absolute Gasteiger partial charge is 0.435 e. The summed E-state index contributed by atoms with van der Waals surface area (Å²) in [5.74, 6) is -0.672. The molecule has 0 aromatic carbocycles. The van der Waals surface area contributed by atoms with Crippen molar-refractivity contribution in [2.75, 3.05) is 0 Å². The van der Waals surface area contributed by atoms with Crippen LogP contribution in [0.25, 0.3) is 0 Å². The summed E-state index contributed by atoms with van der Waals surface area (Å²) < 4.78 is 8.98. The Morgan fingerprint density at radius 2 is 1.22 bits per heavy atom. The molecule has 0 radical (unpaired) electrons. The molecule has 0 unspecified atom stereocenters. The number of rotatable bonds is 7. The van der Waals surface area contributed by atoms with Gasteiger partial charge in [-0.1, -0.05) is 18.7 Å². The second-order valence-electron chi connectivity index (χ2n) is 3.73. The normalized spacial score (nSPS) is 8.33. The van der Waals surface area contributed by atoms with Crippen LogP contribution in [0.5, 0.6) is 0 Å². The maximum Gasteiger partial charge on any atom is 0.310 e. The van der Waals surface area contributed by atoms with E-state index in [4.69, 9.17) is 0 Å². The van der Waals surface area contributed by atoms with Gasteiger partial charge < -0.3 is 9.47 Å². The first kappa shape index (κ1) is 18.5. The predicted molar refractivity (Wildman–Crippen MR) is 71.5 cm³/mol. The zero-order chi connectivity index (χ0) is 14.4. The summed E-state index contributed by atoms with van der Waals surface area (Å²) in [4.78, 5) is 21.6. The van der Waals surface area contributed by atoms with E-state index in [9.17, 15) is 9.59 Å². The van der Waals surface area contributed by atoms with Crippen LogP contribution in [-0.2, 0) is 19.1 Å². The molecule has 0 fully saturated rings. The molecule has 0 aliphatic carbocycles. The van der Waals surface area contributed by atoms with Crippen LogP contribution in [0.4, 0.5) is 0 Å². The molecule has 0 aromatic heterocycles. The number of allylic oxidation sites excluding steroid dienone is 1. The minimum absolute atomic E-state index is 0.285. The molecule has 0 aliphatic rings. The van der Waals surface area contributed by atoms with Crippen molar-refractivity contribution in [1.29, 1.82) is 0 Å². The van der Waals surface area contributed by atoms with Crippen LogP contribution in [0.2, 0.25) is 0 Å². The van der Waals surface area contributed by atoms with E-state index < -0.39 is 0 Å². The molecular formula is C14H22O4. The predicted octanol–water partition coefficient (Wildman–Crippen LogP) is 3.50. The molecule has 0 spiro atoms. The van der Waals surface area contributed by atoms with Gasteiger partial charge in [-0.3, -0.25) is 9.59 Å². The number of carbonyl (C=O) groups excluding carboxylic acids is 2. The third-order valence-corrected chi connectivity index (χ3v) is 1.44. The maximum absolute atomic E-state index is 10.8. The molecule has 4 heteroatoms.